The topological polar surface area (TPSA) is 93.0 Å². The first-order valence-electron chi connectivity index (χ1n) is 7.16. The van der Waals surface area contributed by atoms with Crippen LogP contribution in [0.25, 0.3) is 0 Å². The SMILES string of the molecule is Cc1nc2c(cc1F)C(c1nnc3c(n1)NC(=O)C3(C)C)=NC2. The van der Waals surface area contributed by atoms with E-state index < -0.39 is 11.2 Å². The maximum Gasteiger partial charge on any atom is 0.237 e. The molecule has 0 saturated heterocycles. The van der Waals surface area contributed by atoms with Crippen LogP contribution in [-0.2, 0) is 16.8 Å². The third-order valence-electron chi connectivity index (χ3n) is 4.16. The van der Waals surface area contributed by atoms with Gasteiger partial charge in [0.2, 0.25) is 11.7 Å². The number of hydrogen-bond donors (Lipinski definition) is 1. The summed E-state index contributed by atoms with van der Waals surface area (Å²) in [6.07, 6.45) is 0. The van der Waals surface area contributed by atoms with Crippen molar-refractivity contribution in [3.05, 3.63) is 40.4 Å². The van der Waals surface area contributed by atoms with Crippen molar-refractivity contribution >= 4 is 17.4 Å². The highest BCUT2D eigenvalue weighted by molar-refractivity contribution is 6.13. The second-order valence-electron chi connectivity index (χ2n) is 6.13. The average molecular weight is 312 g/mol. The third kappa shape index (κ3) is 1.87. The summed E-state index contributed by atoms with van der Waals surface area (Å²) in [4.78, 5) is 24.9. The van der Waals surface area contributed by atoms with E-state index in [1.807, 2.05) is 0 Å². The lowest BCUT2D eigenvalue weighted by Crippen LogP contribution is -2.27. The fourth-order valence-corrected chi connectivity index (χ4v) is 2.69. The summed E-state index contributed by atoms with van der Waals surface area (Å²) in [6, 6.07) is 1.39. The molecule has 0 bridgehead atoms. The van der Waals surface area contributed by atoms with Gasteiger partial charge >= 0.3 is 0 Å². The van der Waals surface area contributed by atoms with Crippen LogP contribution < -0.4 is 5.32 Å². The Labute approximate surface area is 131 Å². The van der Waals surface area contributed by atoms with E-state index in [0.717, 1.165) is 0 Å². The Morgan fingerprint density at radius 3 is 2.83 bits per heavy atom. The normalized spacial score (nSPS) is 17.6. The van der Waals surface area contributed by atoms with Gasteiger partial charge in [-0.15, -0.1) is 10.2 Å². The van der Waals surface area contributed by atoms with Gasteiger partial charge in [0.25, 0.3) is 0 Å². The Balaban J connectivity index is 1.80. The molecule has 8 heteroatoms. The molecule has 2 aliphatic heterocycles. The Hall–Kier alpha value is -2.77. The molecule has 7 nitrogen and oxygen atoms in total. The molecule has 1 amide bonds. The van der Waals surface area contributed by atoms with Gasteiger partial charge in [0.15, 0.2) is 5.82 Å². The number of aryl methyl sites for hydroxylation is 1. The summed E-state index contributed by atoms with van der Waals surface area (Å²) in [5.74, 6) is 0.0534. The first kappa shape index (κ1) is 13.9. The van der Waals surface area contributed by atoms with Crippen LogP contribution in [0.5, 0.6) is 0 Å². The number of fused-ring (bicyclic) bond motifs is 2. The predicted octanol–water partition coefficient (Wildman–Crippen LogP) is 1.29. The number of pyridine rings is 1. The Morgan fingerprint density at radius 1 is 1.26 bits per heavy atom. The van der Waals surface area contributed by atoms with Crippen molar-refractivity contribution in [1.82, 2.24) is 20.2 Å². The van der Waals surface area contributed by atoms with Crippen molar-refractivity contribution in [1.29, 1.82) is 0 Å². The molecule has 0 saturated carbocycles. The third-order valence-corrected chi connectivity index (χ3v) is 4.16. The second kappa shape index (κ2) is 4.37. The number of nitrogens with one attached hydrogen (secondary N) is 1. The summed E-state index contributed by atoms with van der Waals surface area (Å²) in [5.41, 5.74) is 1.76. The molecule has 4 rings (SSSR count). The molecule has 1 N–H and O–H groups in total. The molecule has 2 aliphatic rings. The van der Waals surface area contributed by atoms with Crippen molar-refractivity contribution in [2.24, 2.45) is 4.99 Å². The molecule has 0 unspecified atom stereocenters. The number of aromatic nitrogens is 4. The first-order valence-corrected chi connectivity index (χ1v) is 7.16. The lowest BCUT2D eigenvalue weighted by Gasteiger charge is -2.12. The quantitative estimate of drug-likeness (QED) is 0.856. The highest BCUT2D eigenvalue weighted by Crippen LogP contribution is 2.34. The maximum atomic E-state index is 13.8. The predicted molar refractivity (Wildman–Crippen MR) is 79.8 cm³/mol. The number of carbonyl (C=O) groups excluding carboxylic acids is 1. The van der Waals surface area contributed by atoms with Crippen LogP contribution >= 0.6 is 0 Å². The molecule has 0 radical (unpaired) electrons. The molecule has 2 aromatic heterocycles. The van der Waals surface area contributed by atoms with Crippen molar-refractivity contribution in [2.45, 2.75) is 32.7 Å². The largest absolute Gasteiger partial charge is 0.308 e. The summed E-state index contributed by atoms with van der Waals surface area (Å²) in [7, 11) is 0. The average Bonchev–Trinajstić information content (AvgIpc) is 2.99. The van der Waals surface area contributed by atoms with E-state index in [1.165, 1.54) is 6.07 Å². The van der Waals surface area contributed by atoms with Crippen LogP contribution in [0.1, 0.15) is 42.3 Å². The molecule has 0 spiro atoms. The number of anilines is 1. The summed E-state index contributed by atoms with van der Waals surface area (Å²) in [6.45, 7) is 5.48. The number of hydrogen-bond acceptors (Lipinski definition) is 6. The van der Waals surface area contributed by atoms with Gasteiger partial charge in [-0.1, -0.05) is 0 Å². The van der Waals surface area contributed by atoms with Gasteiger partial charge in [0.05, 0.1) is 23.3 Å². The first-order chi connectivity index (χ1) is 10.9. The molecule has 116 valence electrons. The van der Waals surface area contributed by atoms with Crippen molar-refractivity contribution < 1.29 is 9.18 Å². The number of nitrogens with zero attached hydrogens (tertiary/aromatic N) is 5. The molecule has 0 fully saturated rings. The van der Waals surface area contributed by atoms with Crippen LogP contribution in [0.15, 0.2) is 11.1 Å². The van der Waals surface area contributed by atoms with Gasteiger partial charge in [0.1, 0.15) is 17.2 Å². The van der Waals surface area contributed by atoms with Crippen LogP contribution in [0, 0.1) is 12.7 Å². The molecule has 4 heterocycles. The Morgan fingerprint density at radius 2 is 2.04 bits per heavy atom. The molecule has 0 atom stereocenters. The van der Waals surface area contributed by atoms with E-state index >= 15 is 0 Å². The number of carbonyl (C=O) groups is 1. The fraction of sp³-hybridized carbons (Fsp3) is 0.333. The van der Waals surface area contributed by atoms with E-state index in [9.17, 15) is 9.18 Å². The Kier molecular flexibility index (Phi) is 2.64. The molecule has 0 aromatic carbocycles. The van der Waals surface area contributed by atoms with Gasteiger partial charge in [-0.25, -0.2) is 9.37 Å². The van der Waals surface area contributed by atoms with Crippen LogP contribution in [0.3, 0.4) is 0 Å². The summed E-state index contributed by atoms with van der Waals surface area (Å²) < 4.78 is 13.8. The minimum atomic E-state index is -0.770. The smallest absolute Gasteiger partial charge is 0.237 e. The Bertz CT molecular complexity index is 905. The minimum Gasteiger partial charge on any atom is -0.308 e. The van der Waals surface area contributed by atoms with Crippen molar-refractivity contribution in [3.63, 3.8) is 0 Å². The summed E-state index contributed by atoms with van der Waals surface area (Å²) >= 11 is 0. The van der Waals surface area contributed by atoms with Gasteiger partial charge in [0, 0.05) is 5.56 Å². The molecule has 2 aromatic rings. The lowest BCUT2D eigenvalue weighted by atomic mass is 9.91. The van der Waals surface area contributed by atoms with Gasteiger partial charge in [-0.05, 0) is 26.8 Å². The molecular weight excluding hydrogens is 299 g/mol. The van der Waals surface area contributed by atoms with Gasteiger partial charge < -0.3 is 5.32 Å². The number of aliphatic imine (C=N–C) groups is 1. The van der Waals surface area contributed by atoms with Crippen LogP contribution in [0.4, 0.5) is 10.2 Å². The molecule has 0 aliphatic carbocycles. The monoisotopic (exact) mass is 312 g/mol. The lowest BCUT2D eigenvalue weighted by molar-refractivity contribution is -0.119. The second-order valence-corrected chi connectivity index (χ2v) is 6.13. The zero-order valence-corrected chi connectivity index (χ0v) is 12.8. The highest BCUT2D eigenvalue weighted by atomic mass is 19.1. The molecular formula is C15H13FN6O. The molecule has 23 heavy (non-hydrogen) atoms. The minimum absolute atomic E-state index is 0.177. The summed E-state index contributed by atoms with van der Waals surface area (Å²) in [5, 5.41) is 10.9. The standard InChI is InChI=1S/C15H13FN6O/c1-6-8(16)4-7-9(18-6)5-17-10(7)12-19-13-11(21-22-12)15(2,3)14(23)20-13/h4H,5H2,1-3H3,(H,19,20,22,23). The number of halogens is 1. The number of amides is 1. The van der Waals surface area contributed by atoms with Crippen LogP contribution in [-0.4, -0.2) is 31.8 Å². The maximum absolute atomic E-state index is 13.8. The van der Waals surface area contributed by atoms with E-state index in [1.54, 1.807) is 20.8 Å². The number of rotatable bonds is 1. The van der Waals surface area contributed by atoms with E-state index in [0.29, 0.717) is 40.7 Å². The fourth-order valence-electron chi connectivity index (χ4n) is 2.69. The van der Waals surface area contributed by atoms with E-state index in [-0.39, 0.29) is 11.7 Å². The highest BCUT2D eigenvalue weighted by Gasteiger charge is 2.42. The zero-order chi connectivity index (χ0) is 16.4. The van der Waals surface area contributed by atoms with E-state index in [4.69, 9.17) is 0 Å². The zero-order valence-electron chi connectivity index (χ0n) is 12.8. The van der Waals surface area contributed by atoms with Gasteiger partial charge in [-0.3, -0.25) is 14.8 Å². The van der Waals surface area contributed by atoms with Crippen molar-refractivity contribution in [2.75, 3.05) is 5.32 Å². The van der Waals surface area contributed by atoms with Crippen LogP contribution in [0.2, 0.25) is 0 Å². The van der Waals surface area contributed by atoms with Crippen molar-refractivity contribution in [3.8, 4) is 0 Å². The van der Waals surface area contributed by atoms with Gasteiger partial charge in [-0.2, -0.15) is 0 Å². The van der Waals surface area contributed by atoms with E-state index in [2.05, 4.69) is 30.5 Å².